The number of carboxylic acids is 1. The van der Waals surface area contributed by atoms with Crippen molar-refractivity contribution in [2.24, 2.45) is 0 Å². The van der Waals surface area contributed by atoms with Gasteiger partial charge in [-0.05, 0) is 25.1 Å². The van der Waals surface area contributed by atoms with Gasteiger partial charge in [0.05, 0.1) is 17.5 Å². The van der Waals surface area contributed by atoms with Crippen LogP contribution in [-0.2, 0) is 13.1 Å². The second-order valence-corrected chi connectivity index (χ2v) is 4.00. The van der Waals surface area contributed by atoms with E-state index in [1.165, 1.54) is 0 Å². The van der Waals surface area contributed by atoms with E-state index in [0.717, 1.165) is 19.5 Å². The number of carbonyl (C=O) groups is 1. The molecule has 7 nitrogen and oxygen atoms in total. The van der Waals surface area contributed by atoms with Gasteiger partial charge in [0, 0.05) is 25.5 Å². The Morgan fingerprint density at radius 2 is 2.32 bits per heavy atom. The minimum atomic E-state index is -0.951. The van der Waals surface area contributed by atoms with Gasteiger partial charge in [-0.3, -0.25) is 9.67 Å². The van der Waals surface area contributed by atoms with Crippen LogP contribution in [0.15, 0.2) is 30.7 Å². The summed E-state index contributed by atoms with van der Waals surface area (Å²) in [7, 11) is 0. The maximum atomic E-state index is 11.0. The van der Waals surface area contributed by atoms with E-state index in [-0.39, 0.29) is 5.56 Å². The van der Waals surface area contributed by atoms with Crippen LogP contribution in [0.25, 0.3) is 0 Å². The van der Waals surface area contributed by atoms with E-state index in [2.05, 4.69) is 20.6 Å². The van der Waals surface area contributed by atoms with Crippen molar-refractivity contribution in [1.29, 1.82) is 0 Å². The second kappa shape index (κ2) is 6.60. The van der Waals surface area contributed by atoms with Crippen molar-refractivity contribution in [3.8, 4) is 0 Å². The average molecular weight is 261 g/mol. The fourth-order valence-corrected chi connectivity index (χ4v) is 1.70. The molecule has 0 bridgehead atoms. The third-order valence-electron chi connectivity index (χ3n) is 2.63. The Balaban J connectivity index is 1.75. The Kier molecular flexibility index (Phi) is 4.57. The summed E-state index contributed by atoms with van der Waals surface area (Å²) in [5, 5.41) is 19.8. The number of hydrogen-bond acceptors (Lipinski definition) is 5. The molecule has 2 rings (SSSR count). The van der Waals surface area contributed by atoms with Crippen LogP contribution < -0.4 is 5.32 Å². The van der Waals surface area contributed by atoms with Gasteiger partial charge in [0.15, 0.2) is 0 Å². The number of aromatic nitrogens is 4. The molecule has 0 aliphatic carbocycles. The van der Waals surface area contributed by atoms with E-state index >= 15 is 0 Å². The van der Waals surface area contributed by atoms with Crippen LogP contribution in [0.3, 0.4) is 0 Å². The fraction of sp³-hybridized carbons (Fsp3) is 0.333. The maximum Gasteiger partial charge on any atom is 0.337 e. The lowest BCUT2D eigenvalue weighted by Gasteiger charge is -2.06. The van der Waals surface area contributed by atoms with Crippen molar-refractivity contribution in [2.45, 2.75) is 19.5 Å². The van der Waals surface area contributed by atoms with Crippen molar-refractivity contribution in [3.63, 3.8) is 0 Å². The van der Waals surface area contributed by atoms with Gasteiger partial charge in [-0.15, -0.1) is 5.10 Å². The van der Waals surface area contributed by atoms with Gasteiger partial charge in [0.1, 0.15) is 0 Å². The van der Waals surface area contributed by atoms with Gasteiger partial charge in [-0.1, -0.05) is 5.21 Å². The molecule has 0 saturated carbocycles. The highest BCUT2D eigenvalue weighted by atomic mass is 16.4. The third kappa shape index (κ3) is 3.85. The average Bonchev–Trinajstić information content (AvgIpc) is 2.92. The first kappa shape index (κ1) is 13.2. The smallest absolute Gasteiger partial charge is 0.337 e. The van der Waals surface area contributed by atoms with E-state index < -0.39 is 5.97 Å². The van der Waals surface area contributed by atoms with Gasteiger partial charge in [0.2, 0.25) is 0 Å². The first-order chi connectivity index (χ1) is 9.27. The minimum Gasteiger partial charge on any atom is -0.478 e. The predicted molar refractivity (Wildman–Crippen MR) is 67.5 cm³/mol. The number of aromatic carboxylic acids is 1. The first-order valence-corrected chi connectivity index (χ1v) is 5.99. The second-order valence-electron chi connectivity index (χ2n) is 4.00. The Labute approximate surface area is 110 Å². The van der Waals surface area contributed by atoms with Crippen molar-refractivity contribution >= 4 is 5.97 Å². The highest BCUT2D eigenvalue weighted by Gasteiger charge is 2.09. The molecule has 0 fully saturated rings. The highest BCUT2D eigenvalue weighted by molar-refractivity contribution is 5.88. The Morgan fingerprint density at radius 1 is 1.42 bits per heavy atom. The van der Waals surface area contributed by atoms with Gasteiger partial charge in [-0.2, -0.15) is 0 Å². The van der Waals surface area contributed by atoms with Crippen LogP contribution in [0.5, 0.6) is 0 Å². The number of nitrogens with one attached hydrogen (secondary N) is 1. The van der Waals surface area contributed by atoms with E-state index in [0.29, 0.717) is 12.2 Å². The molecule has 2 heterocycles. The van der Waals surface area contributed by atoms with E-state index in [4.69, 9.17) is 5.11 Å². The van der Waals surface area contributed by atoms with Gasteiger partial charge in [0.25, 0.3) is 0 Å². The molecule has 0 saturated heterocycles. The number of rotatable bonds is 7. The standard InChI is InChI=1S/C12H15N5O2/c18-12(19)10-3-1-5-14-11(10)9-13-4-2-7-17-8-6-15-16-17/h1,3,5-6,8,13H,2,4,7,9H2,(H,18,19). The lowest BCUT2D eigenvalue weighted by Crippen LogP contribution is -2.19. The predicted octanol–water partition coefficient (Wildman–Crippen LogP) is 0.551. The van der Waals surface area contributed by atoms with Gasteiger partial charge in [-0.25, -0.2) is 4.79 Å². The lowest BCUT2D eigenvalue weighted by atomic mass is 10.2. The largest absolute Gasteiger partial charge is 0.478 e. The molecular weight excluding hydrogens is 246 g/mol. The summed E-state index contributed by atoms with van der Waals surface area (Å²) in [6, 6.07) is 3.18. The van der Waals surface area contributed by atoms with Crippen LogP contribution in [0.1, 0.15) is 22.5 Å². The molecule has 100 valence electrons. The normalized spacial score (nSPS) is 10.5. The van der Waals surface area contributed by atoms with Gasteiger partial charge < -0.3 is 10.4 Å². The highest BCUT2D eigenvalue weighted by Crippen LogP contribution is 2.04. The van der Waals surface area contributed by atoms with Gasteiger partial charge >= 0.3 is 5.97 Å². The molecule has 0 spiro atoms. The fourth-order valence-electron chi connectivity index (χ4n) is 1.70. The molecule has 19 heavy (non-hydrogen) atoms. The van der Waals surface area contributed by atoms with Crippen LogP contribution in [0.2, 0.25) is 0 Å². The SMILES string of the molecule is O=C(O)c1cccnc1CNCCCn1ccnn1. The molecule has 2 aromatic heterocycles. The van der Waals surface area contributed by atoms with Crippen LogP contribution in [-0.4, -0.2) is 37.6 Å². The zero-order valence-corrected chi connectivity index (χ0v) is 10.4. The Bertz CT molecular complexity index is 527. The molecule has 7 heteroatoms. The molecule has 2 N–H and O–H groups in total. The van der Waals surface area contributed by atoms with Crippen LogP contribution in [0.4, 0.5) is 0 Å². The zero-order chi connectivity index (χ0) is 13.5. The summed E-state index contributed by atoms with van der Waals surface area (Å²) in [6.07, 6.45) is 5.93. The molecular formula is C12H15N5O2. The topological polar surface area (TPSA) is 92.9 Å². The molecule has 0 aliphatic rings. The van der Waals surface area contributed by atoms with Crippen molar-refractivity contribution in [3.05, 3.63) is 42.0 Å². The Morgan fingerprint density at radius 3 is 3.05 bits per heavy atom. The van der Waals surface area contributed by atoms with E-state index in [9.17, 15) is 4.79 Å². The van der Waals surface area contributed by atoms with Crippen LogP contribution in [0, 0.1) is 0 Å². The van der Waals surface area contributed by atoms with Crippen molar-refractivity contribution in [1.82, 2.24) is 25.3 Å². The summed E-state index contributed by atoms with van der Waals surface area (Å²) in [5.74, 6) is -0.951. The summed E-state index contributed by atoms with van der Waals surface area (Å²) < 4.78 is 1.76. The summed E-state index contributed by atoms with van der Waals surface area (Å²) >= 11 is 0. The van der Waals surface area contributed by atoms with Crippen molar-refractivity contribution < 1.29 is 9.90 Å². The number of aryl methyl sites for hydroxylation is 1. The minimum absolute atomic E-state index is 0.242. The lowest BCUT2D eigenvalue weighted by molar-refractivity contribution is 0.0695. The summed E-state index contributed by atoms with van der Waals surface area (Å²) in [5.41, 5.74) is 0.794. The molecule has 0 aromatic carbocycles. The quantitative estimate of drug-likeness (QED) is 0.707. The molecule has 2 aromatic rings. The maximum absolute atomic E-state index is 11.0. The van der Waals surface area contributed by atoms with Crippen LogP contribution >= 0.6 is 0 Å². The summed E-state index contributed by atoms with van der Waals surface area (Å²) in [4.78, 5) is 15.1. The Hall–Kier alpha value is -2.28. The number of nitrogens with zero attached hydrogens (tertiary/aromatic N) is 4. The first-order valence-electron chi connectivity index (χ1n) is 5.99. The third-order valence-corrected chi connectivity index (χ3v) is 2.63. The molecule has 0 aliphatic heterocycles. The van der Waals surface area contributed by atoms with Crippen molar-refractivity contribution in [2.75, 3.05) is 6.54 Å². The zero-order valence-electron chi connectivity index (χ0n) is 10.4. The number of carboxylic acid groups (broad SMARTS) is 1. The van der Waals surface area contributed by atoms with E-state index in [1.807, 2.05) is 0 Å². The summed E-state index contributed by atoms with van der Waals surface area (Å²) in [6.45, 7) is 1.98. The number of hydrogen-bond donors (Lipinski definition) is 2. The number of pyridine rings is 1. The molecule has 0 amide bonds. The molecule has 0 radical (unpaired) electrons. The molecule has 0 unspecified atom stereocenters. The molecule has 0 atom stereocenters. The van der Waals surface area contributed by atoms with E-state index in [1.54, 1.807) is 35.4 Å². The monoisotopic (exact) mass is 261 g/mol.